The number of halogens is 1. The second kappa shape index (κ2) is 5.14. The number of aromatic amines is 1. The standard InChI is InChI=1S/C9H13BrN2O2/c1-3-7(10)6-5-11-12-8(6)9(13)14-4-2/h5,7H,3-4H2,1-2H3,(H,11,12). The number of carbonyl (C=O) groups excluding carboxylic acids is 1. The summed E-state index contributed by atoms with van der Waals surface area (Å²) in [5.41, 5.74) is 1.22. The number of nitrogens with one attached hydrogen (secondary N) is 1. The highest BCUT2D eigenvalue weighted by atomic mass is 79.9. The Kier molecular flexibility index (Phi) is 4.13. The molecule has 0 saturated carbocycles. The van der Waals surface area contributed by atoms with Crippen LogP contribution in [0, 0.1) is 0 Å². The van der Waals surface area contributed by atoms with Crippen molar-refractivity contribution in [2.75, 3.05) is 6.61 Å². The van der Waals surface area contributed by atoms with Gasteiger partial charge in [-0.3, -0.25) is 5.10 Å². The van der Waals surface area contributed by atoms with E-state index in [4.69, 9.17) is 4.74 Å². The van der Waals surface area contributed by atoms with E-state index < -0.39 is 0 Å². The summed E-state index contributed by atoms with van der Waals surface area (Å²) in [5.74, 6) is -0.373. The summed E-state index contributed by atoms with van der Waals surface area (Å²) >= 11 is 3.47. The molecule has 0 saturated heterocycles. The van der Waals surface area contributed by atoms with Crippen LogP contribution in [0.2, 0.25) is 0 Å². The van der Waals surface area contributed by atoms with Gasteiger partial charge in [-0.1, -0.05) is 22.9 Å². The maximum Gasteiger partial charge on any atom is 0.359 e. The number of aromatic nitrogens is 2. The summed E-state index contributed by atoms with van der Waals surface area (Å²) < 4.78 is 4.88. The summed E-state index contributed by atoms with van der Waals surface area (Å²) in [6, 6.07) is 0. The summed E-state index contributed by atoms with van der Waals surface area (Å²) in [5, 5.41) is 6.55. The molecule has 0 amide bonds. The predicted octanol–water partition coefficient (Wildman–Crippen LogP) is 2.43. The second-order valence-corrected chi connectivity index (χ2v) is 3.89. The highest BCUT2D eigenvalue weighted by molar-refractivity contribution is 9.09. The van der Waals surface area contributed by atoms with E-state index in [0.29, 0.717) is 12.3 Å². The van der Waals surface area contributed by atoms with Crippen LogP contribution >= 0.6 is 15.9 Å². The first kappa shape index (κ1) is 11.2. The van der Waals surface area contributed by atoms with Gasteiger partial charge in [0.15, 0.2) is 5.69 Å². The Labute approximate surface area is 91.2 Å². The van der Waals surface area contributed by atoms with Gasteiger partial charge in [0.2, 0.25) is 0 Å². The number of hydrogen-bond donors (Lipinski definition) is 1. The third kappa shape index (κ3) is 2.35. The molecular formula is C9H13BrN2O2. The van der Waals surface area contributed by atoms with Gasteiger partial charge in [0.05, 0.1) is 6.61 Å². The Morgan fingerprint density at radius 1 is 1.71 bits per heavy atom. The van der Waals surface area contributed by atoms with Gasteiger partial charge >= 0.3 is 5.97 Å². The van der Waals surface area contributed by atoms with Crippen LogP contribution in [0.4, 0.5) is 0 Å². The zero-order valence-electron chi connectivity index (χ0n) is 8.21. The fourth-order valence-electron chi connectivity index (χ4n) is 1.12. The molecule has 0 aromatic carbocycles. The molecule has 5 heteroatoms. The molecule has 0 aliphatic heterocycles. The van der Waals surface area contributed by atoms with E-state index in [1.807, 2.05) is 6.92 Å². The van der Waals surface area contributed by atoms with Gasteiger partial charge in [-0.2, -0.15) is 5.10 Å². The molecule has 1 N–H and O–H groups in total. The number of esters is 1. The van der Waals surface area contributed by atoms with Crippen LogP contribution in [0.3, 0.4) is 0 Å². The molecule has 0 aliphatic rings. The monoisotopic (exact) mass is 260 g/mol. The Balaban J connectivity index is 2.86. The Hall–Kier alpha value is -0.840. The second-order valence-electron chi connectivity index (χ2n) is 2.79. The third-order valence-electron chi connectivity index (χ3n) is 1.83. The van der Waals surface area contributed by atoms with Crippen LogP contribution < -0.4 is 0 Å². The Bertz CT molecular complexity index is 312. The van der Waals surface area contributed by atoms with Gasteiger partial charge in [-0.05, 0) is 13.3 Å². The van der Waals surface area contributed by atoms with Gasteiger partial charge in [-0.15, -0.1) is 0 Å². The molecule has 14 heavy (non-hydrogen) atoms. The molecule has 1 atom stereocenters. The first-order valence-electron chi connectivity index (χ1n) is 4.55. The van der Waals surface area contributed by atoms with Gasteiger partial charge in [-0.25, -0.2) is 4.79 Å². The van der Waals surface area contributed by atoms with Crippen molar-refractivity contribution in [1.82, 2.24) is 10.2 Å². The predicted molar refractivity (Wildman–Crippen MR) is 56.5 cm³/mol. The topological polar surface area (TPSA) is 55.0 Å². The van der Waals surface area contributed by atoms with E-state index >= 15 is 0 Å². The van der Waals surface area contributed by atoms with Crippen molar-refractivity contribution >= 4 is 21.9 Å². The van der Waals surface area contributed by atoms with Crippen molar-refractivity contribution in [1.29, 1.82) is 0 Å². The van der Waals surface area contributed by atoms with Crippen LogP contribution in [-0.4, -0.2) is 22.8 Å². The number of ether oxygens (including phenoxy) is 1. The summed E-state index contributed by atoms with van der Waals surface area (Å²) in [6.07, 6.45) is 2.61. The van der Waals surface area contributed by atoms with Gasteiger partial charge < -0.3 is 4.74 Å². The minimum Gasteiger partial charge on any atom is -0.461 e. The number of carbonyl (C=O) groups is 1. The van der Waals surface area contributed by atoms with Crippen molar-refractivity contribution in [3.05, 3.63) is 17.5 Å². The normalized spacial score (nSPS) is 12.5. The van der Waals surface area contributed by atoms with Gasteiger partial charge in [0, 0.05) is 16.6 Å². The van der Waals surface area contributed by atoms with Crippen LogP contribution in [0.15, 0.2) is 6.20 Å². The average Bonchev–Trinajstić information content (AvgIpc) is 2.65. The average molecular weight is 261 g/mol. The maximum absolute atomic E-state index is 11.4. The van der Waals surface area contributed by atoms with E-state index in [1.165, 1.54) is 0 Å². The summed E-state index contributed by atoms with van der Waals surface area (Å²) in [6.45, 7) is 4.17. The molecule has 78 valence electrons. The lowest BCUT2D eigenvalue weighted by molar-refractivity contribution is 0.0518. The molecule has 1 unspecified atom stereocenters. The lowest BCUT2D eigenvalue weighted by atomic mass is 10.1. The molecule has 0 bridgehead atoms. The van der Waals surface area contributed by atoms with Crippen LogP contribution in [0.25, 0.3) is 0 Å². The number of rotatable bonds is 4. The molecule has 1 heterocycles. The zero-order chi connectivity index (χ0) is 10.6. The maximum atomic E-state index is 11.4. The fraction of sp³-hybridized carbons (Fsp3) is 0.556. The molecule has 1 rings (SSSR count). The molecule has 1 aromatic rings. The molecule has 4 nitrogen and oxygen atoms in total. The van der Waals surface area contributed by atoms with Crippen molar-refractivity contribution < 1.29 is 9.53 Å². The largest absolute Gasteiger partial charge is 0.461 e. The van der Waals surface area contributed by atoms with E-state index in [0.717, 1.165) is 12.0 Å². The number of H-pyrrole nitrogens is 1. The van der Waals surface area contributed by atoms with E-state index in [9.17, 15) is 4.79 Å². The third-order valence-corrected chi connectivity index (χ3v) is 2.98. The minimum absolute atomic E-state index is 0.139. The quantitative estimate of drug-likeness (QED) is 0.669. The van der Waals surface area contributed by atoms with E-state index in [1.54, 1.807) is 13.1 Å². The lowest BCUT2D eigenvalue weighted by Gasteiger charge is -2.05. The number of hydrogen-bond acceptors (Lipinski definition) is 3. The summed E-state index contributed by atoms with van der Waals surface area (Å²) in [7, 11) is 0. The van der Waals surface area contributed by atoms with E-state index in [2.05, 4.69) is 26.1 Å². The van der Waals surface area contributed by atoms with Crippen molar-refractivity contribution in [2.24, 2.45) is 0 Å². The van der Waals surface area contributed by atoms with Crippen LogP contribution in [0.1, 0.15) is 41.1 Å². The SMILES string of the molecule is CCOC(=O)c1n[nH]cc1C(Br)CC. The van der Waals surface area contributed by atoms with Gasteiger partial charge in [0.25, 0.3) is 0 Å². The van der Waals surface area contributed by atoms with Crippen LogP contribution in [-0.2, 0) is 4.74 Å². The van der Waals surface area contributed by atoms with E-state index in [-0.39, 0.29) is 10.8 Å². The Morgan fingerprint density at radius 2 is 2.43 bits per heavy atom. The van der Waals surface area contributed by atoms with Crippen molar-refractivity contribution in [3.63, 3.8) is 0 Å². The minimum atomic E-state index is -0.373. The first-order valence-corrected chi connectivity index (χ1v) is 5.47. The molecule has 1 aromatic heterocycles. The molecular weight excluding hydrogens is 248 g/mol. The summed E-state index contributed by atoms with van der Waals surface area (Å²) in [4.78, 5) is 11.6. The van der Waals surface area contributed by atoms with Crippen molar-refractivity contribution in [2.45, 2.75) is 25.1 Å². The first-order chi connectivity index (χ1) is 6.70. The number of nitrogens with zero attached hydrogens (tertiary/aromatic N) is 1. The fourth-order valence-corrected chi connectivity index (χ4v) is 1.47. The number of alkyl halides is 1. The molecule has 0 radical (unpaired) electrons. The Morgan fingerprint density at radius 3 is 3.00 bits per heavy atom. The van der Waals surface area contributed by atoms with Crippen LogP contribution in [0.5, 0.6) is 0 Å². The van der Waals surface area contributed by atoms with Crippen molar-refractivity contribution in [3.8, 4) is 0 Å². The zero-order valence-corrected chi connectivity index (χ0v) is 9.80. The highest BCUT2D eigenvalue weighted by Crippen LogP contribution is 2.27. The molecule has 0 fully saturated rings. The van der Waals surface area contributed by atoms with Gasteiger partial charge in [0.1, 0.15) is 0 Å². The lowest BCUT2D eigenvalue weighted by Crippen LogP contribution is -2.08. The highest BCUT2D eigenvalue weighted by Gasteiger charge is 2.19. The molecule has 0 aliphatic carbocycles. The molecule has 0 spiro atoms. The smallest absolute Gasteiger partial charge is 0.359 e.